The third-order valence-electron chi connectivity index (χ3n) is 2.26. The maximum absolute atomic E-state index is 11.5. The molecule has 1 aromatic rings. The van der Waals surface area contributed by atoms with Gasteiger partial charge in [-0.25, -0.2) is 4.98 Å². The van der Waals surface area contributed by atoms with Gasteiger partial charge in [-0.05, 0) is 19.4 Å². The van der Waals surface area contributed by atoms with Crippen molar-refractivity contribution in [2.24, 2.45) is 0 Å². The Labute approximate surface area is 81.5 Å². The highest BCUT2D eigenvalue weighted by atomic mass is 16.2. The van der Waals surface area contributed by atoms with Crippen molar-refractivity contribution in [1.82, 2.24) is 25.8 Å². The molecule has 1 amide bonds. The van der Waals surface area contributed by atoms with Crippen LogP contribution in [0.4, 0.5) is 0 Å². The van der Waals surface area contributed by atoms with Crippen molar-refractivity contribution < 1.29 is 4.79 Å². The van der Waals surface area contributed by atoms with E-state index in [0.717, 1.165) is 25.9 Å². The molecule has 1 saturated heterocycles. The number of carbonyl (C=O) groups is 1. The molecule has 1 atom stereocenters. The summed E-state index contributed by atoms with van der Waals surface area (Å²) in [6, 6.07) is 0.210. The van der Waals surface area contributed by atoms with Crippen LogP contribution in [0.3, 0.4) is 0 Å². The molecule has 0 aromatic carbocycles. The topological polar surface area (TPSA) is 82.7 Å². The lowest BCUT2D eigenvalue weighted by Gasteiger charge is -2.23. The quantitative estimate of drug-likeness (QED) is 0.582. The Morgan fingerprint density at radius 1 is 1.64 bits per heavy atom. The molecule has 2 rings (SSSR count). The van der Waals surface area contributed by atoms with Gasteiger partial charge in [-0.15, -0.1) is 0 Å². The van der Waals surface area contributed by atoms with E-state index in [9.17, 15) is 4.79 Å². The van der Waals surface area contributed by atoms with Gasteiger partial charge in [0.1, 0.15) is 6.33 Å². The zero-order valence-corrected chi connectivity index (χ0v) is 7.79. The van der Waals surface area contributed by atoms with Crippen LogP contribution in [0.1, 0.15) is 23.5 Å². The molecule has 0 unspecified atom stereocenters. The number of rotatable bonds is 2. The highest BCUT2D eigenvalue weighted by Crippen LogP contribution is 2.01. The summed E-state index contributed by atoms with van der Waals surface area (Å²) in [6.45, 7) is 1.87. The van der Waals surface area contributed by atoms with Crippen LogP contribution < -0.4 is 10.6 Å². The van der Waals surface area contributed by atoms with E-state index in [1.165, 1.54) is 6.33 Å². The minimum Gasteiger partial charge on any atom is -0.345 e. The van der Waals surface area contributed by atoms with Crippen molar-refractivity contribution in [3.8, 4) is 0 Å². The Bertz CT molecular complexity index is 291. The molecule has 1 aromatic heterocycles. The normalized spacial score (nSPS) is 21.9. The predicted molar refractivity (Wildman–Crippen MR) is 49.7 cm³/mol. The molecular weight excluding hydrogens is 182 g/mol. The fraction of sp³-hybridized carbons (Fsp3) is 0.625. The molecule has 1 aliphatic heterocycles. The van der Waals surface area contributed by atoms with Gasteiger partial charge in [-0.3, -0.25) is 9.89 Å². The lowest BCUT2D eigenvalue weighted by Crippen LogP contribution is -2.45. The van der Waals surface area contributed by atoms with Crippen LogP contribution in [0.15, 0.2) is 6.33 Å². The first-order valence-electron chi connectivity index (χ1n) is 4.73. The third-order valence-corrected chi connectivity index (χ3v) is 2.26. The Hall–Kier alpha value is -1.43. The molecule has 0 aliphatic carbocycles. The molecule has 0 spiro atoms. The first-order chi connectivity index (χ1) is 6.86. The van der Waals surface area contributed by atoms with E-state index in [2.05, 4.69) is 25.8 Å². The maximum Gasteiger partial charge on any atom is 0.288 e. The van der Waals surface area contributed by atoms with Crippen molar-refractivity contribution >= 4 is 5.91 Å². The van der Waals surface area contributed by atoms with E-state index in [1.807, 2.05) is 0 Å². The fourth-order valence-corrected chi connectivity index (χ4v) is 1.54. The molecule has 0 saturated carbocycles. The molecule has 1 aliphatic rings. The number of H-pyrrole nitrogens is 1. The van der Waals surface area contributed by atoms with Gasteiger partial charge in [-0.1, -0.05) is 0 Å². The summed E-state index contributed by atoms with van der Waals surface area (Å²) in [6.07, 6.45) is 3.45. The van der Waals surface area contributed by atoms with Crippen molar-refractivity contribution in [2.45, 2.75) is 18.9 Å². The number of hydrogen-bond donors (Lipinski definition) is 3. The van der Waals surface area contributed by atoms with E-state index >= 15 is 0 Å². The molecule has 6 heteroatoms. The van der Waals surface area contributed by atoms with Gasteiger partial charge in [0.15, 0.2) is 0 Å². The molecule has 0 radical (unpaired) electrons. The van der Waals surface area contributed by atoms with E-state index in [1.54, 1.807) is 0 Å². The van der Waals surface area contributed by atoms with Gasteiger partial charge < -0.3 is 10.6 Å². The number of nitrogens with one attached hydrogen (secondary N) is 3. The highest BCUT2D eigenvalue weighted by Gasteiger charge is 2.17. The summed E-state index contributed by atoms with van der Waals surface area (Å²) < 4.78 is 0. The minimum absolute atomic E-state index is 0.184. The van der Waals surface area contributed by atoms with Crippen molar-refractivity contribution in [2.75, 3.05) is 13.1 Å². The second-order valence-electron chi connectivity index (χ2n) is 3.35. The lowest BCUT2D eigenvalue weighted by molar-refractivity contribution is 0.0920. The Morgan fingerprint density at radius 3 is 3.21 bits per heavy atom. The summed E-state index contributed by atoms with van der Waals surface area (Å²) in [4.78, 5) is 15.3. The molecule has 6 nitrogen and oxygen atoms in total. The summed E-state index contributed by atoms with van der Waals surface area (Å²) >= 11 is 0. The van der Waals surface area contributed by atoms with Crippen LogP contribution in [0, 0.1) is 0 Å². The number of aromatic nitrogens is 3. The smallest absolute Gasteiger partial charge is 0.288 e. The van der Waals surface area contributed by atoms with Crippen LogP contribution in [-0.4, -0.2) is 40.2 Å². The van der Waals surface area contributed by atoms with Crippen molar-refractivity contribution in [3.05, 3.63) is 12.2 Å². The Kier molecular flexibility index (Phi) is 2.73. The molecule has 14 heavy (non-hydrogen) atoms. The van der Waals surface area contributed by atoms with Crippen LogP contribution >= 0.6 is 0 Å². The van der Waals surface area contributed by atoms with Gasteiger partial charge in [0.05, 0.1) is 0 Å². The van der Waals surface area contributed by atoms with Gasteiger partial charge in [-0.2, -0.15) is 5.10 Å². The number of nitrogens with zero attached hydrogens (tertiary/aromatic N) is 2. The molecular formula is C8H13N5O. The highest BCUT2D eigenvalue weighted by molar-refractivity contribution is 5.90. The SMILES string of the molecule is O=C(N[C@H]1CCCNC1)c1ncn[nH]1. The third kappa shape index (κ3) is 2.08. The minimum atomic E-state index is -0.184. The zero-order valence-electron chi connectivity index (χ0n) is 7.79. The maximum atomic E-state index is 11.5. The van der Waals surface area contributed by atoms with Gasteiger partial charge in [0.25, 0.3) is 5.91 Å². The average molecular weight is 195 g/mol. The van der Waals surface area contributed by atoms with Crippen LogP contribution in [0.5, 0.6) is 0 Å². The number of hydrogen-bond acceptors (Lipinski definition) is 4. The molecule has 2 heterocycles. The van der Waals surface area contributed by atoms with Crippen molar-refractivity contribution in [3.63, 3.8) is 0 Å². The summed E-state index contributed by atoms with van der Waals surface area (Å²) in [5.41, 5.74) is 0. The van der Waals surface area contributed by atoms with E-state index in [4.69, 9.17) is 0 Å². The first kappa shape index (κ1) is 9.14. The number of carbonyl (C=O) groups excluding carboxylic acids is 1. The van der Waals surface area contributed by atoms with Gasteiger partial charge in [0, 0.05) is 12.6 Å². The van der Waals surface area contributed by atoms with E-state index in [-0.39, 0.29) is 17.8 Å². The number of piperidine rings is 1. The van der Waals surface area contributed by atoms with Crippen LogP contribution in [0.2, 0.25) is 0 Å². The number of amides is 1. The van der Waals surface area contributed by atoms with E-state index < -0.39 is 0 Å². The average Bonchev–Trinajstić information content (AvgIpc) is 2.72. The van der Waals surface area contributed by atoms with Gasteiger partial charge in [0.2, 0.25) is 5.82 Å². The first-order valence-corrected chi connectivity index (χ1v) is 4.73. The number of aromatic amines is 1. The molecule has 76 valence electrons. The summed E-state index contributed by atoms with van der Waals surface area (Å²) in [7, 11) is 0. The van der Waals surface area contributed by atoms with Crippen LogP contribution in [0.25, 0.3) is 0 Å². The Balaban J connectivity index is 1.87. The standard InChI is InChI=1S/C8H13N5O/c14-8(7-10-5-11-13-7)12-6-2-1-3-9-4-6/h5-6,9H,1-4H2,(H,12,14)(H,10,11,13)/t6-/m0/s1. The molecule has 3 N–H and O–H groups in total. The molecule has 1 fully saturated rings. The second-order valence-corrected chi connectivity index (χ2v) is 3.35. The van der Waals surface area contributed by atoms with Crippen LogP contribution in [-0.2, 0) is 0 Å². The second kappa shape index (κ2) is 4.19. The van der Waals surface area contributed by atoms with E-state index in [0.29, 0.717) is 0 Å². The summed E-state index contributed by atoms with van der Waals surface area (Å²) in [5.74, 6) is 0.0896. The van der Waals surface area contributed by atoms with Crippen molar-refractivity contribution in [1.29, 1.82) is 0 Å². The molecule has 0 bridgehead atoms. The summed E-state index contributed by atoms with van der Waals surface area (Å²) in [5, 5.41) is 12.3. The van der Waals surface area contributed by atoms with Gasteiger partial charge >= 0.3 is 0 Å². The monoisotopic (exact) mass is 195 g/mol. The predicted octanol–water partition coefficient (Wildman–Crippen LogP) is -0.713. The zero-order chi connectivity index (χ0) is 9.80. The largest absolute Gasteiger partial charge is 0.345 e. The lowest BCUT2D eigenvalue weighted by atomic mass is 10.1. The Morgan fingerprint density at radius 2 is 2.57 bits per heavy atom. The fourth-order valence-electron chi connectivity index (χ4n) is 1.54.